The summed E-state index contributed by atoms with van der Waals surface area (Å²) in [5, 5.41) is 0. The van der Waals surface area contributed by atoms with Gasteiger partial charge in [-0.1, -0.05) is 38.1 Å². The van der Waals surface area contributed by atoms with Crippen molar-refractivity contribution in [1.29, 1.82) is 0 Å². The van der Waals surface area contributed by atoms with Gasteiger partial charge < -0.3 is 14.4 Å². The summed E-state index contributed by atoms with van der Waals surface area (Å²) in [6.45, 7) is 6.83. The molecule has 0 spiro atoms. The highest BCUT2D eigenvalue weighted by atomic mass is 19.1. The Hall–Kier alpha value is -3.82. The van der Waals surface area contributed by atoms with Crippen LogP contribution in [0.5, 0.6) is 0 Å². The lowest BCUT2D eigenvalue weighted by atomic mass is 9.65. The van der Waals surface area contributed by atoms with Crippen LogP contribution in [0.15, 0.2) is 71.7 Å². The normalized spacial score (nSPS) is 18.1. The molecule has 0 saturated heterocycles. The van der Waals surface area contributed by atoms with Gasteiger partial charge in [-0.05, 0) is 92.7 Å². The second-order valence-electron chi connectivity index (χ2n) is 12.6. The molecule has 1 aliphatic rings. The maximum absolute atomic E-state index is 14.1. The third-order valence-electron chi connectivity index (χ3n) is 9.13. The molecular formula is C36H45FN4O4. The third-order valence-corrected chi connectivity index (χ3v) is 9.13. The molecule has 2 heterocycles. The second kappa shape index (κ2) is 14.5. The number of hydrogen-bond acceptors (Lipinski definition) is 6. The summed E-state index contributed by atoms with van der Waals surface area (Å²) in [6, 6.07) is 18.7. The van der Waals surface area contributed by atoms with Crippen LogP contribution in [0.4, 0.5) is 4.39 Å². The summed E-state index contributed by atoms with van der Waals surface area (Å²) in [5.41, 5.74) is 4.04. The van der Waals surface area contributed by atoms with Gasteiger partial charge in [0.05, 0.1) is 23.3 Å². The number of pyridine rings is 1. The van der Waals surface area contributed by atoms with Crippen molar-refractivity contribution in [1.82, 2.24) is 19.0 Å². The molecule has 45 heavy (non-hydrogen) atoms. The van der Waals surface area contributed by atoms with Gasteiger partial charge in [0.25, 0.3) is 0 Å². The van der Waals surface area contributed by atoms with Crippen molar-refractivity contribution in [2.45, 2.75) is 70.6 Å². The molecule has 0 aliphatic heterocycles. The van der Waals surface area contributed by atoms with E-state index in [1.54, 1.807) is 16.8 Å². The van der Waals surface area contributed by atoms with Crippen molar-refractivity contribution in [3.05, 3.63) is 100.0 Å². The number of imidazole rings is 1. The van der Waals surface area contributed by atoms with E-state index in [0.29, 0.717) is 32.4 Å². The van der Waals surface area contributed by atoms with Crippen molar-refractivity contribution in [2.24, 2.45) is 5.92 Å². The number of nitrogens with zero attached hydrogens (tertiary/aromatic N) is 4. The Bertz CT molecular complexity index is 1650. The molecule has 0 unspecified atom stereocenters. The molecule has 2 aromatic carbocycles. The largest absolute Gasteiger partial charge is 0.457 e. The van der Waals surface area contributed by atoms with E-state index in [9.17, 15) is 14.0 Å². The Morgan fingerprint density at radius 1 is 1.07 bits per heavy atom. The van der Waals surface area contributed by atoms with E-state index in [4.69, 9.17) is 9.47 Å². The van der Waals surface area contributed by atoms with Crippen LogP contribution in [-0.4, -0.2) is 64.4 Å². The monoisotopic (exact) mass is 616 g/mol. The molecule has 0 fully saturated rings. The highest BCUT2D eigenvalue weighted by Gasteiger charge is 2.47. The van der Waals surface area contributed by atoms with Gasteiger partial charge in [-0.3, -0.25) is 14.1 Å². The van der Waals surface area contributed by atoms with Crippen molar-refractivity contribution in [2.75, 3.05) is 33.9 Å². The predicted octanol–water partition coefficient (Wildman–Crippen LogP) is 5.80. The van der Waals surface area contributed by atoms with E-state index in [-0.39, 0.29) is 35.9 Å². The quantitative estimate of drug-likeness (QED) is 0.132. The average Bonchev–Trinajstić information content (AvgIpc) is 3.28. The van der Waals surface area contributed by atoms with Crippen molar-refractivity contribution in [3.63, 3.8) is 0 Å². The fraction of sp³-hybridized carbons (Fsp3) is 0.472. The maximum Gasteiger partial charge on any atom is 0.332 e. The number of hydrogen-bond donors (Lipinski definition) is 0. The first-order chi connectivity index (χ1) is 21.7. The summed E-state index contributed by atoms with van der Waals surface area (Å²) in [4.78, 5) is 33.0. The highest BCUT2D eigenvalue weighted by Crippen LogP contribution is 2.48. The first-order valence-corrected chi connectivity index (χ1v) is 16.0. The fourth-order valence-corrected chi connectivity index (χ4v) is 7.10. The summed E-state index contributed by atoms with van der Waals surface area (Å²) in [6.07, 6.45) is 5.47. The molecule has 0 saturated carbocycles. The number of para-hydroxylation sites is 2. The highest BCUT2D eigenvalue weighted by molar-refractivity contribution is 5.76. The van der Waals surface area contributed by atoms with Gasteiger partial charge in [-0.2, -0.15) is 0 Å². The predicted molar refractivity (Wildman–Crippen MR) is 174 cm³/mol. The topological polar surface area (TPSA) is 78.6 Å². The SMILES string of the molecule is COCC(=O)O[C@]1(CCN(C)CCCCn2c(=O)n(Cc3ccccn3)c3ccccc32)CCc2cc(F)ccc2[C@@H]1C(C)C. The van der Waals surface area contributed by atoms with E-state index in [1.807, 2.05) is 53.1 Å². The molecule has 1 aliphatic carbocycles. The standard InChI is InChI=1S/C36H45FN4O4/c1-26(2)34-30-15-14-28(37)23-27(30)16-17-36(34,45-33(42)25-44-4)18-22-39(3)20-9-10-21-40-31-12-5-6-13-32(31)41(35(40)43)24-29-11-7-8-19-38-29/h5-8,11-15,19,23,26,34H,9-10,16-18,20-22,24-25H2,1-4H3/t34-,36-/m0/s1. The Labute approximate surface area is 264 Å². The Morgan fingerprint density at radius 2 is 1.82 bits per heavy atom. The third kappa shape index (κ3) is 7.36. The number of esters is 1. The zero-order valence-electron chi connectivity index (χ0n) is 26.9. The van der Waals surface area contributed by atoms with Gasteiger partial charge in [0.1, 0.15) is 18.0 Å². The van der Waals surface area contributed by atoms with Gasteiger partial charge >= 0.3 is 11.7 Å². The molecule has 0 bridgehead atoms. The number of benzene rings is 2. The van der Waals surface area contributed by atoms with Gasteiger partial charge in [-0.15, -0.1) is 0 Å². The number of carbonyl (C=O) groups is 1. The minimum Gasteiger partial charge on any atom is -0.457 e. The number of methoxy groups -OCH3 is 1. The van der Waals surface area contributed by atoms with Gasteiger partial charge in [0, 0.05) is 38.7 Å². The van der Waals surface area contributed by atoms with Crippen molar-refractivity contribution < 1.29 is 18.7 Å². The Morgan fingerprint density at radius 3 is 2.53 bits per heavy atom. The molecule has 5 rings (SSSR count). The van der Waals surface area contributed by atoms with Crippen LogP contribution in [-0.2, 0) is 33.8 Å². The molecule has 240 valence electrons. The number of ether oxygens (including phenoxy) is 2. The maximum atomic E-state index is 14.1. The van der Waals surface area contributed by atoms with E-state index < -0.39 is 5.60 Å². The first-order valence-electron chi connectivity index (χ1n) is 16.0. The molecule has 8 nitrogen and oxygen atoms in total. The molecule has 9 heteroatoms. The summed E-state index contributed by atoms with van der Waals surface area (Å²) < 4.78 is 29.2. The number of aromatic nitrogens is 3. The van der Waals surface area contributed by atoms with E-state index >= 15 is 0 Å². The van der Waals surface area contributed by atoms with Crippen LogP contribution < -0.4 is 5.69 Å². The lowest BCUT2D eigenvalue weighted by Gasteiger charge is -2.47. The molecular weight excluding hydrogens is 571 g/mol. The molecule has 2 atom stereocenters. The van der Waals surface area contributed by atoms with Crippen molar-refractivity contribution >= 4 is 17.0 Å². The van der Waals surface area contributed by atoms with Gasteiger partial charge in [0.2, 0.25) is 0 Å². The van der Waals surface area contributed by atoms with Crippen molar-refractivity contribution in [3.8, 4) is 0 Å². The zero-order chi connectivity index (χ0) is 32.0. The van der Waals surface area contributed by atoms with E-state index in [0.717, 1.165) is 53.8 Å². The van der Waals surface area contributed by atoms with Crippen LogP contribution in [0.25, 0.3) is 11.0 Å². The molecule has 0 N–H and O–H groups in total. The summed E-state index contributed by atoms with van der Waals surface area (Å²) in [5.74, 6) is -0.469. The fourth-order valence-electron chi connectivity index (χ4n) is 7.10. The molecule has 0 amide bonds. The lowest BCUT2D eigenvalue weighted by molar-refractivity contribution is -0.172. The molecule has 0 radical (unpaired) electrons. The number of unbranched alkanes of at least 4 members (excludes halogenated alkanes) is 1. The number of carbonyl (C=O) groups excluding carboxylic acids is 1. The number of halogens is 1. The Kier molecular flexibility index (Phi) is 10.5. The molecule has 4 aromatic rings. The van der Waals surface area contributed by atoms with E-state index in [2.05, 4.69) is 30.8 Å². The smallest absolute Gasteiger partial charge is 0.332 e. The van der Waals surface area contributed by atoms with Crippen LogP contribution >= 0.6 is 0 Å². The average molecular weight is 617 g/mol. The lowest BCUT2D eigenvalue weighted by Crippen LogP contribution is -2.49. The molecule has 2 aromatic heterocycles. The number of fused-ring (bicyclic) bond motifs is 2. The van der Waals surface area contributed by atoms with Crippen LogP contribution in [0.2, 0.25) is 0 Å². The zero-order valence-corrected chi connectivity index (χ0v) is 26.9. The van der Waals surface area contributed by atoms with Gasteiger partial charge in [0.15, 0.2) is 0 Å². The van der Waals surface area contributed by atoms with Crippen LogP contribution in [0, 0.1) is 11.7 Å². The number of rotatable bonds is 14. The minimum atomic E-state index is -0.703. The minimum absolute atomic E-state index is 0.0211. The summed E-state index contributed by atoms with van der Waals surface area (Å²) >= 11 is 0. The first kappa shape index (κ1) is 32.6. The van der Waals surface area contributed by atoms with Gasteiger partial charge in [-0.25, -0.2) is 14.0 Å². The van der Waals surface area contributed by atoms with Crippen LogP contribution in [0.1, 0.15) is 62.3 Å². The van der Waals surface area contributed by atoms with Crippen LogP contribution in [0.3, 0.4) is 0 Å². The number of aryl methyl sites for hydroxylation is 2. The second-order valence-corrected chi connectivity index (χ2v) is 12.6. The Balaban J connectivity index is 1.24. The summed E-state index contributed by atoms with van der Waals surface area (Å²) in [7, 11) is 3.58. The van der Waals surface area contributed by atoms with E-state index in [1.165, 1.54) is 13.2 Å².